The van der Waals surface area contributed by atoms with Gasteiger partial charge in [-0.05, 0) is 23.8 Å². The fraction of sp³-hybridized carbons (Fsp3) is 0.368. The number of nitrogens with zero attached hydrogens (tertiary/aromatic N) is 2. The van der Waals surface area contributed by atoms with Crippen molar-refractivity contribution in [3.05, 3.63) is 63.0 Å². The average Bonchev–Trinajstić information content (AvgIpc) is 2.70. The number of rotatable bonds is 5. The van der Waals surface area contributed by atoms with Gasteiger partial charge >= 0.3 is 0 Å². The summed E-state index contributed by atoms with van der Waals surface area (Å²) in [6, 6.07) is 9.16. The van der Waals surface area contributed by atoms with Gasteiger partial charge in [-0.15, -0.1) is 0 Å². The molecule has 27 heavy (non-hydrogen) atoms. The van der Waals surface area contributed by atoms with Crippen LogP contribution in [0, 0.1) is 0 Å². The molecule has 8 heteroatoms. The normalized spacial score (nSPS) is 14.1. The van der Waals surface area contributed by atoms with E-state index in [4.69, 9.17) is 16.4 Å². The first kappa shape index (κ1) is 21.0. The molecule has 0 aliphatic carbocycles. The molecule has 0 radical (unpaired) electrons. The summed E-state index contributed by atoms with van der Waals surface area (Å²) in [6.45, 7) is 5.12. The van der Waals surface area contributed by atoms with Crippen LogP contribution in [-0.2, 0) is 22.6 Å². The van der Waals surface area contributed by atoms with E-state index >= 15 is 0 Å². The largest absolute Gasteiger partial charge is 0.503 e. The van der Waals surface area contributed by atoms with Gasteiger partial charge < -0.3 is 19.7 Å². The van der Waals surface area contributed by atoms with Crippen LogP contribution >= 0.6 is 11.6 Å². The molecule has 1 fully saturated rings. The van der Waals surface area contributed by atoms with E-state index in [1.165, 1.54) is 11.7 Å². The lowest BCUT2D eigenvalue weighted by Gasteiger charge is -2.27. The van der Waals surface area contributed by atoms with Crippen LogP contribution < -0.4 is 10.9 Å². The Balaban J connectivity index is 0.000000596. The quantitative estimate of drug-likeness (QED) is 0.748. The summed E-state index contributed by atoms with van der Waals surface area (Å²) in [5.74, 6) is -0.153. The van der Waals surface area contributed by atoms with E-state index < -0.39 is 0 Å². The van der Waals surface area contributed by atoms with Crippen molar-refractivity contribution in [3.8, 4) is 5.75 Å². The van der Waals surface area contributed by atoms with Crippen LogP contribution in [0.1, 0.15) is 11.1 Å². The summed E-state index contributed by atoms with van der Waals surface area (Å²) in [5.41, 5.74) is 1.29. The number of piperazine rings is 1. The van der Waals surface area contributed by atoms with Crippen LogP contribution in [0.3, 0.4) is 0 Å². The standard InChI is InChI=1S/C17H20ClN3O2.C2H4O2/c18-15-3-1-13(2-4-15)11-21-8-5-14(16(22)17(21)23)12-20-9-6-19-7-10-20;1-4-2-3/h1-5,8,19,22H,6-7,9-12H2;2H,1H3. The van der Waals surface area contributed by atoms with Crippen molar-refractivity contribution in [2.75, 3.05) is 33.3 Å². The fourth-order valence-corrected chi connectivity index (χ4v) is 2.87. The summed E-state index contributed by atoms with van der Waals surface area (Å²) in [4.78, 5) is 23.5. The summed E-state index contributed by atoms with van der Waals surface area (Å²) in [6.07, 6.45) is 1.74. The van der Waals surface area contributed by atoms with Crippen molar-refractivity contribution in [1.29, 1.82) is 0 Å². The van der Waals surface area contributed by atoms with Gasteiger partial charge in [-0.1, -0.05) is 23.7 Å². The van der Waals surface area contributed by atoms with Gasteiger partial charge in [0.25, 0.3) is 12.0 Å². The van der Waals surface area contributed by atoms with Gasteiger partial charge in [-0.2, -0.15) is 0 Å². The lowest BCUT2D eigenvalue weighted by molar-refractivity contribution is -0.126. The third-order valence-electron chi connectivity index (χ3n) is 4.19. The highest BCUT2D eigenvalue weighted by atomic mass is 35.5. The van der Waals surface area contributed by atoms with E-state index in [9.17, 15) is 9.90 Å². The maximum Gasteiger partial charge on any atom is 0.293 e. The van der Waals surface area contributed by atoms with Crippen LogP contribution in [0.4, 0.5) is 0 Å². The second-order valence-electron chi connectivity index (χ2n) is 6.11. The van der Waals surface area contributed by atoms with E-state index in [2.05, 4.69) is 15.0 Å². The van der Waals surface area contributed by atoms with Crippen molar-refractivity contribution in [2.24, 2.45) is 0 Å². The minimum absolute atomic E-state index is 0.153. The molecule has 0 unspecified atom stereocenters. The van der Waals surface area contributed by atoms with Gasteiger partial charge in [0.1, 0.15) is 0 Å². The number of carbonyl (C=O) groups is 1. The minimum atomic E-state index is -0.354. The number of aromatic nitrogens is 1. The topological polar surface area (TPSA) is 83.8 Å². The number of halogens is 1. The minimum Gasteiger partial charge on any atom is -0.503 e. The predicted molar refractivity (Wildman–Crippen MR) is 104 cm³/mol. The SMILES string of the molecule is COC=O.O=c1c(O)c(CN2CCNCC2)ccn1Cc1ccc(Cl)cc1. The molecule has 146 valence electrons. The van der Waals surface area contributed by atoms with Crippen LogP contribution in [-0.4, -0.2) is 54.3 Å². The van der Waals surface area contributed by atoms with Crippen molar-refractivity contribution in [1.82, 2.24) is 14.8 Å². The Morgan fingerprint density at radius 1 is 1.19 bits per heavy atom. The molecule has 3 rings (SSSR count). The molecule has 0 atom stereocenters. The summed E-state index contributed by atoms with van der Waals surface area (Å²) >= 11 is 5.87. The zero-order valence-corrected chi connectivity index (χ0v) is 16.0. The molecule has 2 heterocycles. The first-order chi connectivity index (χ1) is 13.0. The fourth-order valence-electron chi connectivity index (χ4n) is 2.75. The van der Waals surface area contributed by atoms with E-state index in [0.717, 1.165) is 31.7 Å². The molecular weight excluding hydrogens is 370 g/mol. The van der Waals surface area contributed by atoms with Gasteiger partial charge in [0.15, 0.2) is 5.75 Å². The Hall–Kier alpha value is -2.35. The maximum atomic E-state index is 12.4. The first-order valence-electron chi connectivity index (χ1n) is 8.60. The van der Waals surface area contributed by atoms with Crippen molar-refractivity contribution < 1.29 is 14.6 Å². The smallest absolute Gasteiger partial charge is 0.293 e. The van der Waals surface area contributed by atoms with Crippen LogP contribution in [0.5, 0.6) is 5.75 Å². The highest BCUT2D eigenvalue weighted by molar-refractivity contribution is 6.30. The number of hydrogen-bond donors (Lipinski definition) is 2. The molecule has 1 aliphatic rings. The average molecular weight is 394 g/mol. The van der Waals surface area contributed by atoms with Crippen molar-refractivity contribution in [3.63, 3.8) is 0 Å². The van der Waals surface area contributed by atoms with Gasteiger partial charge in [0, 0.05) is 49.5 Å². The lowest BCUT2D eigenvalue weighted by atomic mass is 10.2. The van der Waals surface area contributed by atoms with E-state index in [-0.39, 0.29) is 11.3 Å². The summed E-state index contributed by atoms with van der Waals surface area (Å²) < 4.78 is 5.37. The maximum absolute atomic E-state index is 12.4. The molecule has 2 aromatic rings. The Morgan fingerprint density at radius 3 is 2.41 bits per heavy atom. The molecule has 1 aromatic carbocycles. The Bertz CT molecular complexity index is 787. The number of benzene rings is 1. The lowest BCUT2D eigenvalue weighted by Crippen LogP contribution is -2.43. The zero-order chi connectivity index (χ0) is 19.6. The second-order valence-corrected chi connectivity index (χ2v) is 6.54. The third-order valence-corrected chi connectivity index (χ3v) is 4.44. The van der Waals surface area contributed by atoms with Gasteiger partial charge in [-0.25, -0.2) is 0 Å². The number of pyridine rings is 1. The Labute approximate surface area is 163 Å². The van der Waals surface area contributed by atoms with Crippen LogP contribution in [0.15, 0.2) is 41.3 Å². The molecule has 7 nitrogen and oxygen atoms in total. The molecule has 0 bridgehead atoms. The molecule has 1 aliphatic heterocycles. The van der Waals surface area contributed by atoms with Gasteiger partial charge in [0.05, 0.1) is 13.7 Å². The molecule has 2 N–H and O–H groups in total. The van der Waals surface area contributed by atoms with Gasteiger partial charge in [-0.3, -0.25) is 14.5 Å². The van der Waals surface area contributed by atoms with Crippen LogP contribution in [0.25, 0.3) is 0 Å². The number of ether oxygens (including phenoxy) is 1. The second kappa shape index (κ2) is 10.7. The van der Waals surface area contributed by atoms with Crippen molar-refractivity contribution >= 4 is 18.1 Å². The first-order valence-corrected chi connectivity index (χ1v) is 8.98. The Morgan fingerprint density at radius 2 is 1.81 bits per heavy atom. The molecular formula is C19H24ClN3O4. The van der Waals surface area contributed by atoms with E-state index in [1.807, 2.05) is 18.2 Å². The molecule has 1 aromatic heterocycles. The zero-order valence-electron chi connectivity index (χ0n) is 15.2. The molecule has 0 spiro atoms. The third kappa shape index (κ3) is 6.39. The monoisotopic (exact) mass is 393 g/mol. The predicted octanol–water partition coefficient (Wildman–Crippen LogP) is 1.45. The molecule has 1 saturated heterocycles. The van der Waals surface area contributed by atoms with E-state index in [1.54, 1.807) is 18.3 Å². The van der Waals surface area contributed by atoms with Crippen molar-refractivity contribution in [2.45, 2.75) is 13.1 Å². The summed E-state index contributed by atoms with van der Waals surface area (Å²) in [7, 11) is 1.31. The summed E-state index contributed by atoms with van der Waals surface area (Å²) in [5, 5.41) is 14.2. The highest BCUT2D eigenvalue weighted by Crippen LogP contribution is 2.15. The number of hydrogen-bond acceptors (Lipinski definition) is 6. The van der Waals surface area contributed by atoms with Gasteiger partial charge in [0.2, 0.25) is 0 Å². The number of methoxy groups -OCH3 is 1. The molecule has 0 amide bonds. The number of aromatic hydroxyl groups is 1. The van der Waals surface area contributed by atoms with Crippen LogP contribution in [0.2, 0.25) is 5.02 Å². The highest BCUT2D eigenvalue weighted by Gasteiger charge is 2.15. The molecule has 0 saturated carbocycles. The Kier molecular flexibility index (Phi) is 8.32. The number of nitrogens with one attached hydrogen (secondary N) is 1. The van der Waals surface area contributed by atoms with E-state index in [0.29, 0.717) is 30.1 Å². The number of carbonyl (C=O) groups excluding carboxylic acids is 1.